The number of nitrogens with one attached hydrogen (secondary N) is 1. The maximum atomic E-state index is 13.5. The van der Waals surface area contributed by atoms with E-state index in [1.165, 1.54) is 0 Å². The van der Waals surface area contributed by atoms with E-state index in [1.807, 2.05) is 67.6 Å². The summed E-state index contributed by atoms with van der Waals surface area (Å²) in [5.74, 6) is 1.35. The van der Waals surface area contributed by atoms with Crippen molar-refractivity contribution in [1.82, 2.24) is 4.90 Å². The lowest BCUT2D eigenvalue weighted by atomic mass is 9.92. The first-order chi connectivity index (χ1) is 14.1. The van der Waals surface area contributed by atoms with Gasteiger partial charge in [-0.3, -0.25) is 4.79 Å². The number of rotatable bonds is 7. The molecule has 3 aromatic rings. The molecule has 1 N–H and O–H groups in total. The molecule has 4 rings (SSSR count). The molecule has 1 amide bonds. The summed E-state index contributed by atoms with van der Waals surface area (Å²) < 4.78 is 16.6. The number of hydrogen-bond donors (Lipinski definition) is 1. The second-order valence-corrected chi connectivity index (χ2v) is 7.05. The highest BCUT2D eigenvalue weighted by atomic mass is 16.5. The zero-order valence-electron chi connectivity index (χ0n) is 16.6. The number of benzene rings is 2. The number of fused-ring (bicyclic) bond motifs is 1. The molecular formula is C23H24N2O4. The van der Waals surface area contributed by atoms with Crippen molar-refractivity contribution in [3.8, 4) is 5.75 Å². The summed E-state index contributed by atoms with van der Waals surface area (Å²) in [4.78, 5) is 15.3. The number of nitrogens with zero attached hydrogens (tertiary/aromatic N) is 1. The van der Waals surface area contributed by atoms with Gasteiger partial charge in [0.25, 0.3) is 5.91 Å². The van der Waals surface area contributed by atoms with Crippen LogP contribution in [0.15, 0.2) is 71.3 Å². The maximum absolute atomic E-state index is 13.5. The summed E-state index contributed by atoms with van der Waals surface area (Å²) in [7, 11) is 1.64. The topological polar surface area (TPSA) is 63.9 Å². The Bertz CT molecular complexity index is 986. The molecule has 1 atom stereocenters. The van der Waals surface area contributed by atoms with Gasteiger partial charge in [0, 0.05) is 18.4 Å². The van der Waals surface area contributed by atoms with Gasteiger partial charge >= 0.3 is 0 Å². The van der Waals surface area contributed by atoms with E-state index >= 15 is 0 Å². The smallest absolute Gasteiger partial charge is 0.258 e. The van der Waals surface area contributed by atoms with E-state index in [0.29, 0.717) is 36.8 Å². The fraction of sp³-hybridized carbons (Fsp3) is 0.261. The number of carbonyl (C=O) groups excluding carboxylic acids is 1. The van der Waals surface area contributed by atoms with E-state index in [0.717, 1.165) is 11.3 Å². The van der Waals surface area contributed by atoms with E-state index in [9.17, 15) is 4.79 Å². The fourth-order valence-electron chi connectivity index (χ4n) is 3.69. The summed E-state index contributed by atoms with van der Waals surface area (Å²) in [5.41, 5.74) is 1.46. The van der Waals surface area contributed by atoms with Crippen LogP contribution >= 0.6 is 0 Å². The van der Waals surface area contributed by atoms with Gasteiger partial charge < -0.3 is 24.1 Å². The molecular weight excluding hydrogens is 368 g/mol. The van der Waals surface area contributed by atoms with Crippen LogP contribution in [-0.2, 0) is 16.9 Å². The van der Waals surface area contributed by atoms with Crippen molar-refractivity contribution in [3.63, 3.8) is 0 Å². The molecule has 150 valence electrons. The molecule has 2 aromatic carbocycles. The predicted molar refractivity (Wildman–Crippen MR) is 110 cm³/mol. The normalized spacial score (nSPS) is 18.3. The summed E-state index contributed by atoms with van der Waals surface area (Å²) in [6.45, 7) is 3.22. The lowest BCUT2D eigenvalue weighted by molar-refractivity contribution is 0.0478. The molecule has 1 aromatic heterocycles. The van der Waals surface area contributed by atoms with E-state index < -0.39 is 5.66 Å². The van der Waals surface area contributed by atoms with E-state index in [2.05, 4.69) is 5.32 Å². The zero-order chi connectivity index (χ0) is 20.3. The van der Waals surface area contributed by atoms with E-state index in [4.69, 9.17) is 13.9 Å². The Hall–Kier alpha value is -3.25. The second kappa shape index (κ2) is 8.01. The van der Waals surface area contributed by atoms with Crippen LogP contribution in [0.1, 0.15) is 28.6 Å². The Balaban J connectivity index is 1.79. The second-order valence-electron chi connectivity index (χ2n) is 7.05. The average Bonchev–Trinajstić information content (AvgIpc) is 3.25. The first-order valence-electron chi connectivity index (χ1n) is 9.56. The monoisotopic (exact) mass is 392 g/mol. The van der Waals surface area contributed by atoms with Crippen LogP contribution in [0, 0.1) is 0 Å². The Morgan fingerprint density at radius 1 is 1.03 bits per heavy atom. The minimum atomic E-state index is -0.831. The number of anilines is 1. The SMILES string of the molecule is COCCOc1ccccc1C1(C)Nc2ccccc2C(=O)N1Cc1ccco1. The van der Waals surface area contributed by atoms with Gasteiger partial charge in [0.2, 0.25) is 0 Å². The van der Waals surface area contributed by atoms with Gasteiger partial charge in [0.1, 0.15) is 23.8 Å². The molecule has 0 saturated carbocycles. The molecule has 1 unspecified atom stereocenters. The third-order valence-corrected chi connectivity index (χ3v) is 5.17. The van der Waals surface area contributed by atoms with E-state index in [1.54, 1.807) is 18.3 Å². The van der Waals surface area contributed by atoms with Gasteiger partial charge in [0.15, 0.2) is 0 Å². The molecule has 1 aliphatic heterocycles. The first kappa shape index (κ1) is 19.1. The molecule has 0 aliphatic carbocycles. The highest BCUT2D eigenvalue weighted by Gasteiger charge is 2.44. The third kappa shape index (κ3) is 3.59. The molecule has 1 aliphatic rings. The van der Waals surface area contributed by atoms with Gasteiger partial charge in [-0.2, -0.15) is 0 Å². The number of methoxy groups -OCH3 is 1. The molecule has 0 spiro atoms. The number of para-hydroxylation sites is 2. The van der Waals surface area contributed by atoms with Gasteiger partial charge in [-0.15, -0.1) is 0 Å². The van der Waals surface area contributed by atoms with Crippen molar-refractivity contribution in [2.45, 2.75) is 19.1 Å². The molecule has 0 saturated heterocycles. The average molecular weight is 392 g/mol. The van der Waals surface area contributed by atoms with Gasteiger partial charge in [-0.25, -0.2) is 0 Å². The van der Waals surface area contributed by atoms with Crippen molar-refractivity contribution in [2.24, 2.45) is 0 Å². The summed E-state index contributed by atoms with van der Waals surface area (Å²) >= 11 is 0. The van der Waals surface area contributed by atoms with Crippen molar-refractivity contribution in [3.05, 3.63) is 83.8 Å². The summed E-state index contributed by atoms with van der Waals surface area (Å²) in [5, 5.41) is 3.57. The zero-order valence-corrected chi connectivity index (χ0v) is 16.6. The van der Waals surface area contributed by atoms with Crippen LogP contribution in [0.3, 0.4) is 0 Å². The highest BCUT2D eigenvalue weighted by Crippen LogP contribution is 2.42. The minimum absolute atomic E-state index is 0.0649. The highest BCUT2D eigenvalue weighted by molar-refractivity contribution is 6.02. The standard InChI is InChI=1S/C23H24N2O4/c1-23(19-10-4-6-12-21(19)29-15-14-27-2)24-20-11-5-3-9-18(20)22(26)25(23)16-17-8-7-13-28-17/h3-13,24H,14-16H2,1-2H3. The van der Waals surface area contributed by atoms with Gasteiger partial charge in [-0.05, 0) is 37.3 Å². The minimum Gasteiger partial charge on any atom is -0.491 e. The van der Waals surface area contributed by atoms with E-state index in [-0.39, 0.29) is 5.91 Å². The Kier molecular flexibility index (Phi) is 5.27. The van der Waals surface area contributed by atoms with Crippen molar-refractivity contribution in [2.75, 3.05) is 25.6 Å². The Labute approximate surface area is 170 Å². The predicted octanol–water partition coefficient (Wildman–Crippen LogP) is 4.25. The number of ether oxygens (including phenoxy) is 2. The van der Waals surface area contributed by atoms with Crippen LogP contribution in [-0.4, -0.2) is 31.1 Å². The Morgan fingerprint density at radius 3 is 2.62 bits per heavy atom. The number of hydrogen-bond acceptors (Lipinski definition) is 5. The van der Waals surface area contributed by atoms with Crippen LogP contribution in [0.5, 0.6) is 5.75 Å². The molecule has 29 heavy (non-hydrogen) atoms. The Morgan fingerprint density at radius 2 is 1.83 bits per heavy atom. The first-order valence-corrected chi connectivity index (χ1v) is 9.56. The summed E-state index contributed by atoms with van der Waals surface area (Å²) in [6.07, 6.45) is 1.62. The van der Waals surface area contributed by atoms with Gasteiger partial charge in [-0.1, -0.05) is 30.3 Å². The third-order valence-electron chi connectivity index (χ3n) is 5.17. The molecule has 6 heteroatoms. The lowest BCUT2D eigenvalue weighted by Gasteiger charge is -2.46. The van der Waals surface area contributed by atoms with Crippen LogP contribution in [0.4, 0.5) is 5.69 Å². The fourth-order valence-corrected chi connectivity index (χ4v) is 3.69. The molecule has 0 radical (unpaired) electrons. The van der Waals surface area contributed by atoms with Gasteiger partial charge in [0.05, 0.1) is 25.0 Å². The van der Waals surface area contributed by atoms with Crippen LogP contribution in [0.25, 0.3) is 0 Å². The molecule has 2 heterocycles. The summed E-state index contributed by atoms with van der Waals surface area (Å²) in [6, 6.07) is 19.0. The molecule has 0 fully saturated rings. The number of carbonyl (C=O) groups is 1. The van der Waals surface area contributed by atoms with Crippen molar-refractivity contribution >= 4 is 11.6 Å². The lowest BCUT2D eigenvalue weighted by Crippen LogP contribution is -2.55. The van der Waals surface area contributed by atoms with Crippen LogP contribution in [0.2, 0.25) is 0 Å². The van der Waals surface area contributed by atoms with Crippen molar-refractivity contribution in [1.29, 1.82) is 0 Å². The van der Waals surface area contributed by atoms with Crippen molar-refractivity contribution < 1.29 is 18.7 Å². The number of amides is 1. The molecule has 0 bridgehead atoms. The van der Waals surface area contributed by atoms with Crippen LogP contribution < -0.4 is 10.1 Å². The number of furan rings is 1. The molecule has 6 nitrogen and oxygen atoms in total. The maximum Gasteiger partial charge on any atom is 0.258 e. The largest absolute Gasteiger partial charge is 0.491 e. The quantitative estimate of drug-likeness (QED) is 0.609.